The van der Waals surface area contributed by atoms with Crippen molar-refractivity contribution in [2.75, 3.05) is 29.5 Å². The lowest BCUT2D eigenvalue weighted by molar-refractivity contribution is 0.661. The van der Waals surface area contributed by atoms with Gasteiger partial charge in [0.25, 0.3) is 0 Å². The molecule has 0 aromatic heterocycles. The fourth-order valence-corrected chi connectivity index (χ4v) is 4.22. The molecule has 1 unspecified atom stereocenters. The summed E-state index contributed by atoms with van der Waals surface area (Å²) in [7, 11) is 0. The fourth-order valence-electron chi connectivity index (χ4n) is 3.17. The summed E-state index contributed by atoms with van der Waals surface area (Å²) in [6.45, 7) is 2.02. The van der Waals surface area contributed by atoms with E-state index in [9.17, 15) is 0 Å². The molecule has 0 spiro atoms. The van der Waals surface area contributed by atoms with E-state index in [4.69, 9.17) is 4.99 Å². The summed E-state index contributed by atoms with van der Waals surface area (Å²) in [5.41, 5.74) is 4.99. The molecule has 0 bridgehead atoms. The van der Waals surface area contributed by atoms with E-state index in [0.717, 1.165) is 18.8 Å². The average Bonchev–Trinajstić information content (AvgIpc) is 2.73. The molecule has 1 atom stereocenters. The van der Waals surface area contributed by atoms with Crippen LogP contribution in [0.15, 0.2) is 59.6 Å². The predicted octanol–water partition coefficient (Wildman–Crippen LogP) is 3.46. The van der Waals surface area contributed by atoms with E-state index >= 15 is 0 Å². The molecule has 0 saturated carbocycles. The lowest BCUT2D eigenvalue weighted by atomic mass is 10.00. The summed E-state index contributed by atoms with van der Waals surface area (Å²) in [4.78, 5) is 7.54. The minimum atomic E-state index is 0.533. The minimum absolute atomic E-state index is 0.533. The van der Waals surface area contributed by atoms with Crippen LogP contribution in [0.2, 0.25) is 0 Å². The lowest BCUT2D eigenvalue weighted by Crippen LogP contribution is -2.44. The Hall–Kier alpha value is -1.74. The Balaban J connectivity index is 1.86. The summed E-state index contributed by atoms with van der Waals surface area (Å²) in [5, 5.41) is 0. The third kappa shape index (κ3) is 2.36. The van der Waals surface area contributed by atoms with Gasteiger partial charge in [-0.05, 0) is 6.07 Å². The first-order chi connectivity index (χ1) is 10.4. The number of fused-ring (bicyclic) bond motifs is 3. The maximum Gasteiger partial charge on any atom is 0.0740 e. The highest BCUT2D eigenvalue weighted by Crippen LogP contribution is 2.31. The number of rotatable bonds is 1. The van der Waals surface area contributed by atoms with Crippen LogP contribution in [0.3, 0.4) is 0 Å². The number of aliphatic imine (C=N–C) groups is 1. The van der Waals surface area contributed by atoms with Gasteiger partial charge < -0.3 is 4.90 Å². The minimum Gasteiger partial charge on any atom is -0.364 e. The second kappa shape index (κ2) is 5.57. The van der Waals surface area contributed by atoms with E-state index in [1.807, 2.05) is 0 Å². The highest BCUT2D eigenvalue weighted by atomic mass is 32.2. The van der Waals surface area contributed by atoms with Crippen LogP contribution in [0.25, 0.3) is 0 Å². The second-order valence-corrected chi connectivity index (χ2v) is 6.64. The molecule has 1 fully saturated rings. The van der Waals surface area contributed by atoms with E-state index in [-0.39, 0.29) is 0 Å². The van der Waals surface area contributed by atoms with Gasteiger partial charge in [0, 0.05) is 34.9 Å². The summed E-state index contributed by atoms with van der Waals surface area (Å²) < 4.78 is 0. The molecule has 2 aliphatic rings. The van der Waals surface area contributed by atoms with Gasteiger partial charge in [-0.25, -0.2) is 0 Å². The van der Waals surface area contributed by atoms with Gasteiger partial charge in [-0.2, -0.15) is 11.8 Å². The van der Waals surface area contributed by atoms with E-state index in [2.05, 4.69) is 71.3 Å². The Bertz CT molecular complexity index is 666. The molecule has 0 N–H and O–H groups in total. The van der Waals surface area contributed by atoms with E-state index < -0.39 is 0 Å². The highest BCUT2D eigenvalue weighted by Gasteiger charge is 2.28. The first kappa shape index (κ1) is 13.0. The number of nitrogens with zero attached hydrogens (tertiary/aromatic N) is 2. The molecule has 2 aromatic rings. The third-order valence-corrected chi connectivity index (χ3v) is 5.30. The van der Waals surface area contributed by atoms with Gasteiger partial charge in [0.1, 0.15) is 0 Å². The predicted molar refractivity (Wildman–Crippen MR) is 91.8 cm³/mol. The van der Waals surface area contributed by atoms with Crippen LogP contribution in [0.4, 0.5) is 5.69 Å². The van der Waals surface area contributed by atoms with Gasteiger partial charge in [0.2, 0.25) is 0 Å². The van der Waals surface area contributed by atoms with Crippen LogP contribution in [-0.2, 0) is 0 Å². The van der Waals surface area contributed by atoms with Gasteiger partial charge in [-0.3, -0.25) is 4.99 Å². The Kier molecular flexibility index (Phi) is 3.44. The summed E-state index contributed by atoms with van der Waals surface area (Å²) in [5.74, 6) is 2.39. The SMILES string of the molecule is c1ccc(C2=NCC3CSCCN3c3ccccc32)cc1. The van der Waals surface area contributed by atoms with Crippen molar-refractivity contribution in [1.29, 1.82) is 0 Å². The van der Waals surface area contributed by atoms with Crippen LogP contribution in [0, 0.1) is 0 Å². The quantitative estimate of drug-likeness (QED) is 0.800. The van der Waals surface area contributed by atoms with Crippen molar-refractivity contribution in [3.63, 3.8) is 0 Å². The maximum atomic E-state index is 4.98. The summed E-state index contributed by atoms with van der Waals surface area (Å²) >= 11 is 2.05. The number of benzene rings is 2. The van der Waals surface area contributed by atoms with E-state index in [0.29, 0.717) is 6.04 Å². The molecule has 3 heteroatoms. The van der Waals surface area contributed by atoms with Crippen LogP contribution in [0.1, 0.15) is 11.1 Å². The molecular formula is C18H18N2S. The van der Waals surface area contributed by atoms with Crippen molar-refractivity contribution >= 4 is 23.2 Å². The molecule has 21 heavy (non-hydrogen) atoms. The van der Waals surface area contributed by atoms with Crippen molar-refractivity contribution in [2.45, 2.75) is 6.04 Å². The molecule has 2 nitrogen and oxygen atoms in total. The number of anilines is 1. The van der Waals surface area contributed by atoms with Crippen LogP contribution >= 0.6 is 11.8 Å². The maximum absolute atomic E-state index is 4.98. The first-order valence-corrected chi connectivity index (χ1v) is 8.62. The Morgan fingerprint density at radius 3 is 2.71 bits per heavy atom. The van der Waals surface area contributed by atoms with Crippen LogP contribution < -0.4 is 4.90 Å². The lowest BCUT2D eigenvalue weighted by Gasteiger charge is -2.36. The van der Waals surface area contributed by atoms with Crippen LogP contribution in [-0.4, -0.2) is 36.3 Å². The zero-order valence-electron chi connectivity index (χ0n) is 11.9. The molecule has 0 aliphatic carbocycles. The largest absolute Gasteiger partial charge is 0.364 e. The standard InChI is InChI=1S/C18H18N2S/c1-2-6-14(7-3-1)18-16-8-4-5-9-17(16)20-10-11-21-13-15(20)12-19-18/h1-9,15H,10-13H2. The Labute approximate surface area is 129 Å². The van der Waals surface area contributed by atoms with Crippen molar-refractivity contribution in [1.82, 2.24) is 0 Å². The fraction of sp³-hybridized carbons (Fsp3) is 0.278. The third-order valence-electron chi connectivity index (χ3n) is 4.20. The van der Waals surface area contributed by atoms with Crippen molar-refractivity contribution in [2.24, 2.45) is 4.99 Å². The molecule has 1 saturated heterocycles. The molecule has 2 aromatic carbocycles. The summed E-state index contributed by atoms with van der Waals surface area (Å²) in [6, 6.07) is 19.8. The van der Waals surface area contributed by atoms with Crippen molar-refractivity contribution in [3.05, 3.63) is 65.7 Å². The molecule has 0 radical (unpaired) electrons. The zero-order valence-corrected chi connectivity index (χ0v) is 12.7. The highest BCUT2D eigenvalue weighted by molar-refractivity contribution is 7.99. The number of hydrogen-bond donors (Lipinski definition) is 0. The Morgan fingerprint density at radius 1 is 1.00 bits per heavy atom. The topological polar surface area (TPSA) is 15.6 Å². The molecule has 4 rings (SSSR count). The van der Waals surface area contributed by atoms with Gasteiger partial charge in [-0.1, -0.05) is 48.5 Å². The summed E-state index contributed by atoms with van der Waals surface area (Å²) in [6.07, 6.45) is 0. The Morgan fingerprint density at radius 2 is 1.81 bits per heavy atom. The molecule has 2 aliphatic heterocycles. The van der Waals surface area contributed by atoms with E-state index in [1.165, 1.54) is 28.3 Å². The normalized spacial score (nSPS) is 21.0. The van der Waals surface area contributed by atoms with Crippen LogP contribution in [0.5, 0.6) is 0 Å². The number of para-hydroxylation sites is 1. The number of hydrogen-bond acceptors (Lipinski definition) is 3. The molecule has 2 heterocycles. The van der Waals surface area contributed by atoms with Gasteiger partial charge >= 0.3 is 0 Å². The number of thioether (sulfide) groups is 1. The van der Waals surface area contributed by atoms with Crippen molar-refractivity contribution < 1.29 is 0 Å². The molecular weight excluding hydrogens is 276 g/mol. The second-order valence-electron chi connectivity index (χ2n) is 5.49. The smallest absolute Gasteiger partial charge is 0.0740 e. The average molecular weight is 294 g/mol. The van der Waals surface area contributed by atoms with E-state index in [1.54, 1.807) is 0 Å². The van der Waals surface area contributed by atoms with Crippen molar-refractivity contribution in [3.8, 4) is 0 Å². The first-order valence-electron chi connectivity index (χ1n) is 7.47. The van der Waals surface area contributed by atoms with Gasteiger partial charge in [0.15, 0.2) is 0 Å². The zero-order chi connectivity index (χ0) is 14.1. The van der Waals surface area contributed by atoms with Gasteiger partial charge in [-0.15, -0.1) is 0 Å². The molecule has 0 amide bonds. The monoisotopic (exact) mass is 294 g/mol. The molecule has 106 valence electrons. The van der Waals surface area contributed by atoms with Gasteiger partial charge in [0.05, 0.1) is 18.3 Å².